The van der Waals surface area contributed by atoms with Crippen LogP contribution in [0.25, 0.3) is 27.6 Å². The number of para-hydroxylation sites is 2. The number of H-pyrrole nitrogens is 1. The second-order valence-electron chi connectivity index (χ2n) is 7.14. The lowest BCUT2D eigenvalue weighted by atomic mass is 10.2. The number of carbonyl (C=O) groups excluding carboxylic acids is 1. The standard InChI is InChI=1S/C22H20N4O2S/c27-18(25-12-6-7-13-25)14-29-22-24-19-16-10-4-5-11-17(16)23-20(19)21(28)26(22)15-8-2-1-3-9-15/h1-5,8-11,23H,6-7,12-14H2. The van der Waals surface area contributed by atoms with Crippen molar-refractivity contribution in [1.82, 2.24) is 19.4 Å². The van der Waals surface area contributed by atoms with Crippen molar-refractivity contribution in [2.45, 2.75) is 18.0 Å². The van der Waals surface area contributed by atoms with E-state index in [4.69, 9.17) is 4.98 Å². The van der Waals surface area contributed by atoms with E-state index in [1.807, 2.05) is 59.5 Å². The molecule has 29 heavy (non-hydrogen) atoms. The van der Waals surface area contributed by atoms with Crippen LogP contribution in [0.2, 0.25) is 0 Å². The molecule has 0 spiro atoms. The van der Waals surface area contributed by atoms with Gasteiger partial charge in [-0.25, -0.2) is 4.98 Å². The molecule has 2 aromatic heterocycles. The van der Waals surface area contributed by atoms with Crippen LogP contribution >= 0.6 is 11.8 Å². The Labute approximate surface area is 171 Å². The minimum Gasteiger partial charge on any atom is -0.349 e. The van der Waals surface area contributed by atoms with E-state index in [1.54, 1.807) is 4.57 Å². The minimum atomic E-state index is -0.159. The normalized spacial score (nSPS) is 14.1. The van der Waals surface area contributed by atoms with Gasteiger partial charge in [0, 0.05) is 24.0 Å². The third-order valence-corrected chi connectivity index (χ3v) is 6.22. The van der Waals surface area contributed by atoms with Crippen LogP contribution in [0.3, 0.4) is 0 Å². The molecule has 146 valence electrons. The molecule has 0 radical (unpaired) electrons. The zero-order valence-electron chi connectivity index (χ0n) is 15.8. The Morgan fingerprint density at radius 3 is 2.55 bits per heavy atom. The van der Waals surface area contributed by atoms with Crippen molar-refractivity contribution in [2.75, 3.05) is 18.8 Å². The third-order valence-electron chi connectivity index (χ3n) is 5.29. The smallest absolute Gasteiger partial charge is 0.283 e. The summed E-state index contributed by atoms with van der Waals surface area (Å²) in [7, 11) is 0. The highest BCUT2D eigenvalue weighted by molar-refractivity contribution is 7.99. The van der Waals surface area contributed by atoms with Gasteiger partial charge >= 0.3 is 0 Å². The van der Waals surface area contributed by atoms with Gasteiger partial charge in [0.15, 0.2) is 5.16 Å². The molecule has 0 saturated carbocycles. The number of nitrogens with one attached hydrogen (secondary N) is 1. The van der Waals surface area contributed by atoms with Crippen molar-refractivity contribution >= 4 is 39.6 Å². The number of amides is 1. The number of likely N-dealkylation sites (tertiary alicyclic amines) is 1. The molecule has 0 atom stereocenters. The Hall–Kier alpha value is -3.06. The van der Waals surface area contributed by atoms with Crippen molar-refractivity contribution in [3.05, 3.63) is 65.0 Å². The molecule has 6 nitrogen and oxygen atoms in total. The molecule has 1 amide bonds. The number of hydrogen-bond acceptors (Lipinski definition) is 4. The maximum Gasteiger partial charge on any atom is 0.283 e. The molecule has 1 N–H and O–H groups in total. The van der Waals surface area contributed by atoms with Crippen molar-refractivity contribution in [1.29, 1.82) is 0 Å². The molecule has 5 rings (SSSR count). The number of rotatable bonds is 4. The zero-order chi connectivity index (χ0) is 19.8. The maximum atomic E-state index is 13.4. The topological polar surface area (TPSA) is 71.0 Å². The molecular weight excluding hydrogens is 384 g/mol. The van der Waals surface area contributed by atoms with Crippen LogP contribution in [0.4, 0.5) is 0 Å². The first-order chi connectivity index (χ1) is 14.2. The summed E-state index contributed by atoms with van der Waals surface area (Å²) in [6.07, 6.45) is 2.12. The molecule has 0 aliphatic carbocycles. The predicted molar refractivity (Wildman–Crippen MR) is 116 cm³/mol. The Kier molecular flexibility index (Phi) is 4.60. The average Bonchev–Trinajstić information content (AvgIpc) is 3.41. The first-order valence-electron chi connectivity index (χ1n) is 9.72. The van der Waals surface area contributed by atoms with Gasteiger partial charge in [0.2, 0.25) is 5.91 Å². The van der Waals surface area contributed by atoms with Crippen molar-refractivity contribution < 1.29 is 4.79 Å². The van der Waals surface area contributed by atoms with E-state index in [-0.39, 0.29) is 17.2 Å². The highest BCUT2D eigenvalue weighted by Crippen LogP contribution is 2.26. The molecule has 3 heterocycles. The fraction of sp³-hybridized carbons (Fsp3) is 0.227. The van der Waals surface area contributed by atoms with Gasteiger partial charge in [0.1, 0.15) is 11.0 Å². The van der Waals surface area contributed by atoms with Crippen LogP contribution in [0.1, 0.15) is 12.8 Å². The Morgan fingerprint density at radius 1 is 1.03 bits per heavy atom. The number of carbonyl (C=O) groups is 1. The van der Waals surface area contributed by atoms with Gasteiger partial charge in [-0.3, -0.25) is 14.2 Å². The number of fused-ring (bicyclic) bond motifs is 3. The molecule has 1 fully saturated rings. The van der Waals surface area contributed by atoms with E-state index in [1.165, 1.54) is 11.8 Å². The molecule has 1 saturated heterocycles. The molecule has 0 unspecified atom stereocenters. The lowest BCUT2D eigenvalue weighted by Gasteiger charge is -2.16. The number of aromatic nitrogens is 3. The van der Waals surface area contributed by atoms with Crippen LogP contribution in [-0.4, -0.2) is 44.2 Å². The predicted octanol–water partition coefficient (Wildman–Crippen LogP) is 3.58. The van der Waals surface area contributed by atoms with Gasteiger partial charge in [-0.2, -0.15) is 0 Å². The van der Waals surface area contributed by atoms with E-state index in [0.717, 1.165) is 42.5 Å². The fourth-order valence-electron chi connectivity index (χ4n) is 3.83. The van der Waals surface area contributed by atoms with Gasteiger partial charge in [0.05, 0.1) is 11.4 Å². The van der Waals surface area contributed by atoms with Crippen LogP contribution in [0, 0.1) is 0 Å². The van der Waals surface area contributed by atoms with Gasteiger partial charge in [-0.15, -0.1) is 0 Å². The number of hydrogen-bond donors (Lipinski definition) is 1. The van der Waals surface area contributed by atoms with Gasteiger partial charge in [-0.05, 0) is 31.0 Å². The third kappa shape index (κ3) is 3.21. The van der Waals surface area contributed by atoms with Gasteiger partial charge < -0.3 is 9.88 Å². The summed E-state index contributed by atoms with van der Waals surface area (Å²) in [6, 6.07) is 17.2. The molecule has 0 bridgehead atoms. The van der Waals surface area contributed by atoms with E-state index < -0.39 is 0 Å². The van der Waals surface area contributed by atoms with Crippen LogP contribution < -0.4 is 5.56 Å². The first kappa shape index (κ1) is 18.0. The summed E-state index contributed by atoms with van der Waals surface area (Å²) in [5, 5.41) is 1.44. The summed E-state index contributed by atoms with van der Waals surface area (Å²) in [6.45, 7) is 1.64. The van der Waals surface area contributed by atoms with Crippen LogP contribution in [0.15, 0.2) is 64.5 Å². The van der Waals surface area contributed by atoms with Crippen LogP contribution in [-0.2, 0) is 4.79 Å². The quantitative estimate of drug-likeness (QED) is 0.417. The monoisotopic (exact) mass is 404 g/mol. The van der Waals surface area contributed by atoms with Gasteiger partial charge in [0.25, 0.3) is 5.56 Å². The number of nitrogens with zero attached hydrogens (tertiary/aromatic N) is 3. The summed E-state index contributed by atoms with van der Waals surface area (Å²) in [5.74, 6) is 0.369. The minimum absolute atomic E-state index is 0.0976. The largest absolute Gasteiger partial charge is 0.349 e. The van der Waals surface area contributed by atoms with E-state index in [2.05, 4.69) is 4.98 Å². The molecule has 7 heteroatoms. The lowest BCUT2D eigenvalue weighted by molar-refractivity contribution is -0.127. The number of aromatic amines is 1. The Bertz CT molecular complexity index is 1260. The molecule has 2 aromatic carbocycles. The summed E-state index contributed by atoms with van der Waals surface area (Å²) in [4.78, 5) is 35.9. The van der Waals surface area contributed by atoms with E-state index in [0.29, 0.717) is 16.2 Å². The Balaban J connectivity index is 1.64. The highest BCUT2D eigenvalue weighted by atomic mass is 32.2. The molecule has 1 aliphatic rings. The second kappa shape index (κ2) is 7.40. The van der Waals surface area contributed by atoms with Crippen LogP contribution in [0.5, 0.6) is 0 Å². The first-order valence-corrected chi connectivity index (χ1v) is 10.7. The molecular formula is C22H20N4O2S. The summed E-state index contributed by atoms with van der Waals surface area (Å²) >= 11 is 1.32. The van der Waals surface area contributed by atoms with E-state index in [9.17, 15) is 9.59 Å². The highest BCUT2D eigenvalue weighted by Gasteiger charge is 2.21. The maximum absolute atomic E-state index is 13.4. The SMILES string of the molecule is O=C(CSc1nc2c([nH]c3ccccc32)c(=O)n1-c1ccccc1)N1CCCC1. The van der Waals surface area contributed by atoms with E-state index >= 15 is 0 Å². The van der Waals surface area contributed by atoms with Crippen molar-refractivity contribution in [3.8, 4) is 5.69 Å². The Morgan fingerprint density at radius 2 is 1.76 bits per heavy atom. The zero-order valence-corrected chi connectivity index (χ0v) is 16.6. The lowest BCUT2D eigenvalue weighted by Crippen LogP contribution is -2.29. The number of thioether (sulfide) groups is 1. The molecule has 4 aromatic rings. The summed E-state index contributed by atoms with van der Waals surface area (Å²) < 4.78 is 1.60. The number of benzene rings is 2. The average molecular weight is 404 g/mol. The second-order valence-corrected chi connectivity index (χ2v) is 8.08. The fourth-order valence-corrected chi connectivity index (χ4v) is 4.74. The van der Waals surface area contributed by atoms with Gasteiger partial charge in [-0.1, -0.05) is 48.2 Å². The van der Waals surface area contributed by atoms with Crippen molar-refractivity contribution in [3.63, 3.8) is 0 Å². The summed E-state index contributed by atoms with van der Waals surface area (Å²) in [5.41, 5.74) is 2.58. The molecule has 1 aliphatic heterocycles. The van der Waals surface area contributed by atoms with Crippen molar-refractivity contribution in [2.24, 2.45) is 0 Å².